The fourth-order valence-electron chi connectivity index (χ4n) is 1.81. The van der Waals surface area contributed by atoms with E-state index in [0.29, 0.717) is 18.8 Å². The van der Waals surface area contributed by atoms with E-state index in [4.69, 9.17) is 11.6 Å². The molecule has 2 N–H and O–H groups in total. The molecule has 6 nitrogen and oxygen atoms in total. The molecule has 0 spiro atoms. The van der Waals surface area contributed by atoms with Crippen LogP contribution >= 0.6 is 11.6 Å². The molecule has 0 aromatic carbocycles. The van der Waals surface area contributed by atoms with Gasteiger partial charge in [0.1, 0.15) is 5.02 Å². The minimum absolute atomic E-state index is 0.0353. The van der Waals surface area contributed by atoms with Gasteiger partial charge in [0.2, 0.25) is 5.91 Å². The summed E-state index contributed by atoms with van der Waals surface area (Å²) in [5.74, 6) is 0.307. The van der Waals surface area contributed by atoms with Gasteiger partial charge in [-0.05, 0) is 26.7 Å². The van der Waals surface area contributed by atoms with Crippen molar-refractivity contribution in [3.05, 3.63) is 21.6 Å². The highest BCUT2D eigenvalue weighted by Gasteiger charge is 2.28. The quantitative estimate of drug-likeness (QED) is 0.779. The van der Waals surface area contributed by atoms with Crippen LogP contribution in [0.4, 0.5) is 5.69 Å². The van der Waals surface area contributed by atoms with Crippen LogP contribution in [0.25, 0.3) is 0 Å². The van der Waals surface area contributed by atoms with E-state index in [-0.39, 0.29) is 28.4 Å². The molecule has 1 heterocycles. The molecule has 2 rings (SSSR count). The minimum atomic E-state index is -0.311. The number of hydrogen-bond acceptors (Lipinski definition) is 4. The monoisotopic (exact) mass is 298 g/mol. The molecular formula is C13H19ClN4O2. The van der Waals surface area contributed by atoms with Gasteiger partial charge in [0, 0.05) is 19.0 Å². The van der Waals surface area contributed by atoms with Gasteiger partial charge in [-0.25, -0.2) is 4.68 Å². The van der Waals surface area contributed by atoms with Crippen molar-refractivity contribution in [2.24, 2.45) is 5.92 Å². The zero-order chi connectivity index (χ0) is 14.7. The summed E-state index contributed by atoms with van der Waals surface area (Å²) in [6, 6.07) is -0.0353. The summed E-state index contributed by atoms with van der Waals surface area (Å²) in [7, 11) is 0. The van der Waals surface area contributed by atoms with Gasteiger partial charge in [-0.1, -0.05) is 11.6 Å². The third-order valence-electron chi connectivity index (χ3n) is 3.12. The first-order chi connectivity index (χ1) is 9.50. The molecule has 1 aromatic rings. The van der Waals surface area contributed by atoms with Crippen LogP contribution in [-0.2, 0) is 4.79 Å². The maximum atomic E-state index is 11.9. The van der Waals surface area contributed by atoms with E-state index in [1.165, 1.54) is 10.9 Å². The Morgan fingerprint density at radius 2 is 2.20 bits per heavy atom. The number of hydrogen-bond donors (Lipinski definition) is 2. The van der Waals surface area contributed by atoms with E-state index >= 15 is 0 Å². The molecule has 7 heteroatoms. The number of nitrogens with zero attached hydrogens (tertiary/aromatic N) is 2. The van der Waals surface area contributed by atoms with Crippen molar-refractivity contribution in [1.82, 2.24) is 15.1 Å². The van der Waals surface area contributed by atoms with E-state index in [2.05, 4.69) is 15.7 Å². The standard InChI is InChI=1S/C13H19ClN4O2/c1-8(2)18-13(20)11(14)10(7-17-18)15-5-6-16-12(19)9-3-4-9/h7-9,15H,3-6H2,1-2H3,(H,16,19). The summed E-state index contributed by atoms with van der Waals surface area (Å²) < 4.78 is 1.34. The molecule has 110 valence electrons. The van der Waals surface area contributed by atoms with Crippen LogP contribution in [0.1, 0.15) is 32.7 Å². The van der Waals surface area contributed by atoms with Gasteiger partial charge < -0.3 is 10.6 Å². The fourth-order valence-corrected chi connectivity index (χ4v) is 2.01. The van der Waals surface area contributed by atoms with Crippen molar-refractivity contribution in [1.29, 1.82) is 0 Å². The van der Waals surface area contributed by atoms with Gasteiger partial charge >= 0.3 is 0 Å². The maximum Gasteiger partial charge on any atom is 0.287 e. The molecule has 0 atom stereocenters. The molecule has 0 unspecified atom stereocenters. The summed E-state index contributed by atoms with van der Waals surface area (Å²) in [4.78, 5) is 23.4. The van der Waals surface area contributed by atoms with Gasteiger partial charge in [-0.3, -0.25) is 9.59 Å². The van der Waals surface area contributed by atoms with Crippen LogP contribution in [0.3, 0.4) is 0 Å². The Balaban J connectivity index is 1.88. The van der Waals surface area contributed by atoms with E-state index in [9.17, 15) is 9.59 Å². The van der Waals surface area contributed by atoms with Crippen molar-refractivity contribution < 1.29 is 4.79 Å². The number of anilines is 1. The summed E-state index contributed by atoms with van der Waals surface area (Å²) in [6.45, 7) is 4.74. The predicted octanol–water partition coefficient (Wildman–Crippen LogP) is 1.42. The first-order valence-electron chi connectivity index (χ1n) is 6.79. The molecule has 1 aliphatic carbocycles. The second-order valence-corrected chi connectivity index (χ2v) is 5.59. The lowest BCUT2D eigenvalue weighted by atomic mass is 10.3. The number of carbonyl (C=O) groups is 1. The average Bonchev–Trinajstić information content (AvgIpc) is 3.23. The Labute approximate surface area is 122 Å². The normalized spacial score (nSPS) is 14.4. The third-order valence-corrected chi connectivity index (χ3v) is 3.49. The first-order valence-corrected chi connectivity index (χ1v) is 7.17. The number of nitrogens with one attached hydrogen (secondary N) is 2. The lowest BCUT2D eigenvalue weighted by Gasteiger charge is -2.12. The average molecular weight is 299 g/mol. The largest absolute Gasteiger partial charge is 0.381 e. The van der Waals surface area contributed by atoms with Crippen LogP contribution < -0.4 is 16.2 Å². The van der Waals surface area contributed by atoms with Crippen molar-refractivity contribution in [3.63, 3.8) is 0 Å². The Morgan fingerprint density at radius 1 is 1.50 bits per heavy atom. The molecular weight excluding hydrogens is 280 g/mol. The molecule has 1 aromatic heterocycles. The molecule has 0 radical (unpaired) electrons. The van der Waals surface area contributed by atoms with Crippen LogP contribution in [0.5, 0.6) is 0 Å². The number of aromatic nitrogens is 2. The molecule has 1 aliphatic rings. The fraction of sp³-hybridized carbons (Fsp3) is 0.615. The third kappa shape index (κ3) is 3.50. The van der Waals surface area contributed by atoms with Crippen molar-refractivity contribution in [2.45, 2.75) is 32.7 Å². The number of rotatable bonds is 6. The predicted molar refractivity (Wildman–Crippen MR) is 78.1 cm³/mol. The zero-order valence-corrected chi connectivity index (χ0v) is 12.4. The smallest absolute Gasteiger partial charge is 0.287 e. The van der Waals surface area contributed by atoms with E-state index in [0.717, 1.165) is 12.8 Å². The number of halogens is 1. The number of amides is 1. The van der Waals surface area contributed by atoms with Gasteiger partial charge in [-0.2, -0.15) is 5.10 Å². The van der Waals surface area contributed by atoms with Gasteiger partial charge in [0.15, 0.2) is 0 Å². The second kappa shape index (κ2) is 6.26. The number of carbonyl (C=O) groups excluding carboxylic acids is 1. The molecule has 0 aliphatic heterocycles. The minimum Gasteiger partial charge on any atom is -0.381 e. The molecule has 0 bridgehead atoms. The van der Waals surface area contributed by atoms with Crippen LogP contribution in [0.2, 0.25) is 5.02 Å². The van der Waals surface area contributed by atoms with Crippen LogP contribution in [0, 0.1) is 5.92 Å². The highest BCUT2D eigenvalue weighted by molar-refractivity contribution is 6.32. The van der Waals surface area contributed by atoms with Crippen molar-refractivity contribution >= 4 is 23.2 Å². The topological polar surface area (TPSA) is 76.0 Å². The first kappa shape index (κ1) is 14.8. The summed E-state index contributed by atoms with van der Waals surface area (Å²) >= 11 is 6.02. The maximum absolute atomic E-state index is 11.9. The SMILES string of the molecule is CC(C)n1ncc(NCCNC(=O)C2CC2)c(Cl)c1=O. The Morgan fingerprint density at radius 3 is 2.80 bits per heavy atom. The molecule has 1 saturated carbocycles. The molecule has 1 fully saturated rings. The van der Waals surface area contributed by atoms with E-state index in [1.54, 1.807) is 0 Å². The summed E-state index contributed by atoms with van der Waals surface area (Å²) in [5.41, 5.74) is 0.183. The zero-order valence-electron chi connectivity index (χ0n) is 11.6. The Hall–Kier alpha value is -1.56. The molecule has 0 saturated heterocycles. The van der Waals surface area contributed by atoms with E-state index < -0.39 is 0 Å². The van der Waals surface area contributed by atoms with Gasteiger partial charge in [0.05, 0.1) is 17.9 Å². The lowest BCUT2D eigenvalue weighted by molar-refractivity contribution is -0.122. The van der Waals surface area contributed by atoms with E-state index in [1.807, 2.05) is 13.8 Å². The highest BCUT2D eigenvalue weighted by atomic mass is 35.5. The van der Waals surface area contributed by atoms with Gasteiger partial charge in [0.25, 0.3) is 5.56 Å². The highest BCUT2D eigenvalue weighted by Crippen LogP contribution is 2.28. The van der Waals surface area contributed by atoms with Crippen molar-refractivity contribution in [3.8, 4) is 0 Å². The Bertz CT molecular complexity index is 552. The van der Waals surface area contributed by atoms with Crippen molar-refractivity contribution in [2.75, 3.05) is 18.4 Å². The second-order valence-electron chi connectivity index (χ2n) is 5.21. The molecule has 20 heavy (non-hydrogen) atoms. The lowest BCUT2D eigenvalue weighted by Crippen LogP contribution is -2.30. The van der Waals surface area contributed by atoms with Gasteiger partial charge in [-0.15, -0.1) is 0 Å². The van der Waals surface area contributed by atoms with Crippen LogP contribution in [0.15, 0.2) is 11.0 Å². The van der Waals surface area contributed by atoms with Crippen LogP contribution in [-0.4, -0.2) is 28.8 Å². The Kier molecular flexibility index (Phi) is 4.65. The summed E-state index contributed by atoms with van der Waals surface area (Å²) in [5, 5.41) is 10.0. The summed E-state index contributed by atoms with van der Waals surface area (Å²) in [6.07, 6.45) is 3.51. The molecule has 1 amide bonds.